The van der Waals surface area contributed by atoms with Gasteiger partial charge in [0.05, 0.1) is 4.92 Å². The lowest BCUT2D eigenvalue weighted by Crippen LogP contribution is -2.32. The van der Waals surface area contributed by atoms with Crippen LogP contribution in [0.5, 0.6) is 0 Å². The molecule has 0 aromatic rings. The summed E-state index contributed by atoms with van der Waals surface area (Å²) in [5.74, 6) is -1.60. The first-order chi connectivity index (χ1) is 7.82. The third kappa shape index (κ3) is 3.11. The van der Waals surface area contributed by atoms with Crippen LogP contribution in [-0.4, -0.2) is 33.3 Å². The van der Waals surface area contributed by atoms with E-state index in [1.165, 1.54) is 6.08 Å². The molecule has 0 bridgehead atoms. The molecular weight excluding hydrogens is 228 g/mol. The van der Waals surface area contributed by atoms with Crippen LogP contribution in [0.2, 0.25) is 0 Å². The first kappa shape index (κ1) is 13.3. The van der Waals surface area contributed by atoms with Gasteiger partial charge in [-0.3, -0.25) is 14.9 Å². The summed E-state index contributed by atoms with van der Waals surface area (Å²) in [5, 5.41) is 28.9. The van der Waals surface area contributed by atoms with E-state index < -0.39 is 29.0 Å². The molecule has 0 radical (unpaired) electrons. The topological polar surface area (TPSA) is 127 Å². The van der Waals surface area contributed by atoms with Crippen molar-refractivity contribution in [3.63, 3.8) is 0 Å². The number of hydrogen-bond acceptors (Lipinski definition) is 5. The van der Waals surface area contributed by atoms with Crippen LogP contribution in [0.3, 0.4) is 0 Å². The van der Waals surface area contributed by atoms with Gasteiger partial charge in [0.15, 0.2) is 6.10 Å². The van der Waals surface area contributed by atoms with E-state index in [0.717, 1.165) is 0 Å². The smallest absolute Gasteiger partial charge is 0.320 e. The molecule has 4 N–H and O–H groups in total. The van der Waals surface area contributed by atoms with Crippen LogP contribution < -0.4 is 5.73 Å². The van der Waals surface area contributed by atoms with Crippen molar-refractivity contribution < 1.29 is 19.9 Å². The fourth-order valence-electron chi connectivity index (χ4n) is 1.65. The Kier molecular flexibility index (Phi) is 3.97. The standard InChI is InChI=1S/C10H14N2O5/c1-5-2-6(3-7(11)10(14)15)4-8(9(5)13)12(16)17/h2,4-5,7,9,13H,3,11H2,1H3,(H,14,15)/t5?,7-,9?/m0/s1. The van der Waals surface area contributed by atoms with Crippen molar-refractivity contribution in [2.24, 2.45) is 11.7 Å². The summed E-state index contributed by atoms with van der Waals surface area (Å²) < 4.78 is 0. The first-order valence-electron chi connectivity index (χ1n) is 5.06. The maximum atomic E-state index is 10.7. The number of rotatable bonds is 4. The van der Waals surface area contributed by atoms with E-state index in [2.05, 4.69) is 0 Å². The Morgan fingerprint density at radius 3 is 2.76 bits per heavy atom. The number of aliphatic hydroxyl groups is 1. The van der Waals surface area contributed by atoms with Crippen molar-refractivity contribution in [2.75, 3.05) is 0 Å². The highest BCUT2D eigenvalue weighted by molar-refractivity contribution is 5.73. The minimum atomic E-state index is -1.17. The number of carboxylic acid groups (broad SMARTS) is 1. The summed E-state index contributed by atoms with van der Waals surface area (Å²) in [4.78, 5) is 20.6. The van der Waals surface area contributed by atoms with Crippen molar-refractivity contribution in [1.82, 2.24) is 0 Å². The second-order valence-corrected chi connectivity index (χ2v) is 4.02. The predicted octanol–water partition coefficient (Wildman–Crippen LogP) is -0.114. The number of carboxylic acids is 1. The summed E-state index contributed by atoms with van der Waals surface area (Å²) in [5.41, 5.74) is 5.48. The average Bonchev–Trinajstić information content (AvgIpc) is 2.22. The molecule has 0 aliphatic heterocycles. The Morgan fingerprint density at radius 2 is 2.29 bits per heavy atom. The minimum Gasteiger partial charge on any atom is -0.480 e. The van der Waals surface area contributed by atoms with Gasteiger partial charge in [-0.2, -0.15) is 0 Å². The molecule has 17 heavy (non-hydrogen) atoms. The largest absolute Gasteiger partial charge is 0.480 e. The quantitative estimate of drug-likeness (QED) is 0.466. The molecule has 0 fully saturated rings. The van der Waals surface area contributed by atoms with Crippen LogP contribution >= 0.6 is 0 Å². The van der Waals surface area contributed by atoms with Gasteiger partial charge in [-0.15, -0.1) is 0 Å². The molecule has 0 heterocycles. The molecule has 0 saturated heterocycles. The predicted molar refractivity (Wildman–Crippen MR) is 58.6 cm³/mol. The zero-order valence-electron chi connectivity index (χ0n) is 9.24. The van der Waals surface area contributed by atoms with Gasteiger partial charge in [0.1, 0.15) is 6.04 Å². The molecule has 0 amide bonds. The highest BCUT2D eigenvalue weighted by atomic mass is 16.6. The fraction of sp³-hybridized carbons (Fsp3) is 0.500. The van der Waals surface area contributed by atoms with Crippen molar-refractivity contribution in [3.8, 4) is 0 Å². The summed E-state index contributed by atoms with van der Waals surface area (Å²) in [6, 6.07) is -1.10. The molecule has 94 valence electrons. The van der Waals surface area contributed by atoms with Crippen LogP contribution in [0.1, 0.15) is 13.3 Å². The maximum Gasteiger partial charge on any atom is 0.320 e. The highest BCUT2D eigenvalue weighted by Crippen LogP contribution is 2.25. The van der Waals surface area contributed by atoms with Crippen LogP contribution in [-0.2, 0) is 4.79 Å². The number of nitrogens with zero attached hydrogens (tertiary/aromatic N) is 1. The number of hydrogen-bond donors (Lipinski definition) is 3. The highest BCUT2D eigenvalue weighted by Gasteiger charge is 2.31. The molecule has 7 nitrogen and oxygen atoms in total. The Bertz CT molecular complexity index is 402. The van der Waals surface area contributed by atoms with E-state index in [4.69, 9.17) is 10.8 Å². The SMILES string of the molecule is CC1C=C(C[C@H](N)C(=O)O)C=C([N+](=O)[O-])C1O. The Morgan fingerprint density at radius 1 is 1.71 bits per heavy atom. The molecule has 0 spiro atoms. The second kappa shape index (κ2) is 5.07. The molecule has 1 aliphatic carbocycles. The van der Waals surface area contributed by atoms with Crippen LogP contribution in [0, 0.1) is 16.0 Å². The number of nitro groups is 1. The molecule has 0 aromatic heterocycles. The normalized spacial score (nSPS) is 25.8. The molecule has 1 aliphatic rings. The van der Waals surface area contributed by atoms with E-state index in [1.807, 2.05) is 0 Å². The zero-order chi connectivity index (χ0) is 13.2. The van der Waals surface area contributed by atoms with Gasteiger partial charge in [-0.25, -0.2) is 0 Å². The van der Waals surface area contributed by atoms with Gasteiger partial charge < -0.3 is 15.9 Å². The van der Waals surface area contributed by atoms with Crippen molar-refractivity contribution in [1.29, 1.82) is 0 Å². The Hall–Kier alpha value is -1.73. The summed E-state index contributed by atoms with van der Waals surface area (Å²) in [6.07, 6.45) is 1.62. The van der Waals surface area contributed by atoms with Crippen LogP contribution in [0.15, 0.2) is 23.4 Å². The maximum absolute atomic E-state index is 10.7. The van der Waals surface area contributed by atoms with E-state index >= 15 is 0 Å². The number of allylic oxidation sites excluding steroid dienone is 1. The first-order valence-corrected chi connectivity index (χ1v) is 5.06. The lowest BCUT2D eigenvalue weighted by molar-refractivity contribution is -0.437. The summed E-state index contributed by atoms with van der Waals surface area (Å²) >= 11 is 0. The van der Waals surface area contributed by atoms with Crippen molar-refractivity contribution >= 4 is 5.97 Å². The fourth-order valence-corrected chi connectivity index (χ4v) is 1.65. The number of nitrogens with two attached hydrogens (primary N) is 1. The molecule has 1 rings (SSSR count). The van der Waals surface area contributed by atoms with Crippen LogP contribution in [0.25, 0.3) is 0 Å². The molecule has 2 unspecified atom stereocenters. The van der Waals surface area contributed by atoms with Gasteiger partial charge in [0, 0.05) is 12.0 Å². The van der Waals surface area contributed by atoms with Gasteiger partial charge in [-0.1, -0.05) is 13.0 Å². The zero-order valence-corrected chi connectivity index (χ0v) is 9.24. The van der Waals surface area contributed by atoms with E-state index in [9.17, 15) is 20.0 Å². The lowest BCUT2D eigenvalue weighted by atomic mass is 9.90. The molecule has 7 heteroatoms. The van der Waals surface area contributed by atoms with Gasteiger partial charge in [0.2, 0.25) is 0 Å². The third-order valence-electron chi connectivity index (χ3n) is 2.59. The number of aliphatic carboxylic acids is 1. The summed E-state index contributed by atoms with van der Waals surface area (Å²) in [6.45, 7) is 1.62. The van der Waals surface area contributed by atoms with Gasteiger partial charge in [-0.05, 0) is 12.0 Å². The summed E-state index contributed by atoms with van der Waals surface area (Å²) in [7, 11) is 0. The second-order valence-electron chi connectivity index (χ2n) is 4.02. The van der Waals surface area contributed by atoms with Crippen LogP contribution in [0.4, 0.5) is 0 Å². The number of carbonyl (C=O) groups is 1. The van der Waals surface area contributed by atoms with Gasteiger partial charge in [0.25, 0.3) is 5.70 Å². The lowest BCUT2D eigenvalue weighted by Gasteiger charge is -2.20. The van der Waals surface area contributed by atoms with Crippen molar-refractivity contribution in [3.05, 3.63) is 33.5 Å². The Balaban J connectivity index is 2.90. The molecule has 0 saturated carbocycles. The van der Waals surface area contributed by atoms with Crippen molar-refractivity contribution in [2.45, 2.75) is 25.5 Å². The van der Waals surface area contributed by atoms with E-state index in [1.54, 1.807) is 13.0 Å². The van der Waals surface area contributed by atoms with Gasteiger partial charge >= 0.3 is 5.97 Å². The monoisotopic (exact) mass is 242 g/mol. The molecular formula is C10H14N2O5. The average molecular weight is 242 g/mol. The molecule has 0 aromatic carbocycles. The number of aliphatic hydroxyl groups excluding tert-OH is 1. The van der Waals surface area contributed by atoms with E-state index in [-0.39, 0.29) is 12.1 Å². The third-order valence-corrected chi connectivity index (χ3v) is 2.59. The Labute approximate surface area is 97.4 Å². The van der Waals surface area contributed by atoms with E-state index in [0.29, 0.717) is 5.57 Å². The minimum absolute atomic E-state index is 0.00370. The molecule has 3 atom stereocenters.